The van der Waals surface area contributed by atoms with Gasteiger partial charge < -0.3 is 25.1 Å². The van der Waals surface area contributed by atoms with Gasteiger partial charge in [0.05, 0.1) is 28.9 Å². The molecule has 28 heavy (non-hydrogen) atoms. The number of hydrazine groups is 1. The molecule has 1 aromatic rings. The molecule has 0 aliphatic heterocycles. The van der Waals surface area contributed by atoms with Gasteiger partial charge in [-0.2, -0.15) is 0 Å². The maximum atomic E-state index is 11.9. The van der Waals surface area contributed by atoms with Gasteiger partial charge in [0.15, 0.2) is 0 Å². The summed E-state index contributed by atoms with van der Waals surface area (Å²) in [7, 11) is 3.31. The highest BCUT2D eigenvalue weighted by Crippen LogP contribution is 2.26. The van der Waals surface area contributed by atoms with E-state index >= 15 is 0 Å². The summed E-state index contributed by atoms with van der Waals surface area (Å²) in [5.41, 5.74) is 8.47. The number of aryl methyl sites for hydroxylation is 1. The Morgan fingerprint density at radius 2 is 1.93 bits per heavy atom. The zero-order valence-electron chi connectivity index (χ0n) is 17.4. The average Bonchev–Trinajstić information content (AvgIpc) is 2.69. The molecule has 0 unspecified atom stereocenters. The predicted octanol–water partition coefficient (Wildman–Crippen LogP) is 2.62. The largest absolute Gasteiger partial charge is 0.489 e. The molecule has 156 valence electrons. The molecule has 1 fully saturated rings. The minimum Gasteiger partial charge on any atom is -0.489 e. The molecule has 8 heteroatoms. The van der Waals surface area contributed by atoms with E-state index in [1.54, 1.807) is 14.1 Å². The van der Waals surface area contributed by atoms with Crippen LogP contribution in [0.2, 0.25) is 0 Å². The van der Waals surface area contributed by atoms with E-state index < -0.39 is 6.09 Å². The number of hydrogen-bond donors (Lipinski definition) is 2. The van der Waals surface area contributed by atoms with E-state index in [2.05, 4.69) is 4.98 Å². The van der Waals surface area contributed by atoms with Crippen LogP contribution in [0.1, 0.15) is 50.4 Å². The number of rotatable bonds is 7. The van der Waals surface area contributed by atoms with Gasteiger partial charge in [-0.05, 0) is 51.7 Å². The highest BCUT2D eigenvalue weighted by Gasteiger charge is 2.18. The Kier molecular flexibility index (Phi) is 7.92. The van der Waals surface area contributed by atoms with Crippen LogP contribution in [-0.4, -0.2) is 54.3 Å². The number of likely N-dealkylation sites (N-methyl/N-ethyl adjacent to an activating group) is 1. The predicted molar refractivity (Wildman–Crippen MR) is 109 cm³/mol. The van der Waals surface area contributed by atoms with Crippen LogP contribution < -0.4 is 16.3 Å². The number of hydrogen-bond acceptors (Lipinski definition) is 7. The minimum atomic E-state index is -0.435. The Hall–Kier alpha value is -2.48. The topological polar surface area (TPSA) is 107 Å². The standard InChI is InChI=1S/C20H33N5O3/c1-5-24(3)20(26)27-13-17(25(4)22)19(21)16-11-12-18(14(2)23-16)28-15-9-7-6-8-10-15/h11-12,15H,5-10,13,21-22H2,1-4H3/b19-17-. The lowest BCUT2D eigenvalue weighted by Gasteiger charge is -2.24. The maximum absolute atomic E-state index is 11.9. The number of amides is 1. The van der Waals surface area contributed by atoms with Crippen molar-refractivity contribution in [3.8, 4) is 5.75 Å². The lowest BCUT2D eigenvalue weighted by molar-refractivity contribution is 0.115. The van der Waals surface area contributed by atoms with E-state index in [-0.39, 0.29) is 12.7 Å². The Morgan fingerprint density at radius 3 is 2.50 bits per heavy atom. The van der Waals surface area contributed by atoms with Crippen molar-refractivity contribution in [3.63, 3.8) is 0 Å². The van der Waals surface area contributed by atoms with Crippen molar-refractivity contribution in [2.24, 2.45) is 11.6 Å². The summed E-state index contributed by atoms with van der Waals surface area (Å²) in [6.07, 6.45) is 5.70. The fourth-order valence-electron chi connectivity index (χ4n) is 3.07. The van der Waals surface area contributed by atoms with Crippen LogP contribution in [0.25, 0.3) is 5.70 Å². The summed E-state index contributed by atoms with van der Waals surface area (Å²) in [6, 6.07) is 3.70. The second-order valence-electron chi connectivity index (χ2n) is 7.20. The Labute approximate surface area is 167 Å². The van der Waals surface area contributed by atoms with Gasteiger partial charge in [-0.1, -0.05) is 6.42 Å². The first kappa shape index (κ1) is 21.8. The molecule has 1 aliphatic rings. The summed E-state index contributed by atoms with van der Waals surface area (Å²) in [5, 5.41) is 1.35. The van der Waals surface area contributed by atoms with Gasteiger partial charge in [0, 0.05) is 20.6 Å². The highest BCUT2D eigenvalue weighted by atomic mass is 16.6. The van der Waals surface area contributed by atoms with Crippen molar-refractivity contribution in [1.82, 2.24) is 14.9 Å². The maximum Gasteiger partial charge on any atom is 0.409 e. The van der Waals surface area contributed by atoms with Crippen LogP contribution in [0.5, 0.6) is 5.75 Å². The number of carbonyl (C=O) groups is 1. The van der Waals surface area contributed by atoms with Crippen molar-refractivity contribution >= 4 is 11.8 Å². The van der Waals surface area contributed by atoms with E-state index in [1.165, 1.54) is 29.2 Å². The number of nitrogens with zero attached hydrogens (tertiary/aromatic N) is 3. The van der Waals surface area contributed by atoms with Crippen LogP contribution in [0.3, 0.4) is 0 Å². The summed E-state index contributed by atoms with van der Waals surface area (Å²) >= 11 is 0. The number of aromatic nitrogens is 1. The third-order valence-corrected chi connectivity index (χ3v) is 5.01. The van der Waals surface area contributed by atoms with E-state index in [9.17, 15) is 4.79 Å². The third kappa shape index (κ3) is 5.76. The van der Waals surface area contributed by atoms with Gasteiger partial charge in [-0.3, -0.25) is 0 Å². The highest BCUT2D eigenvalue weighted by molar-refractivity contribution is 5.68. The van der Waals surface area contributed by atoms with Gasteiger partial charge in [-0.15, -0.1) is 0 Å². The molecule has 1 heterocycles. The molecule has 1 saturated carbocycles. The van der Waals surface area contributed by atoms with Gasteiger partial charge >= 0.3 is 6.09 Å². The molecule has 0 bridgehead atoms. The third-order valence-electron chi connectivity index (χ3n) is 5.01. The summed E-state index contributed by atoms with van der Waals surface area (Å²) in [6.45, 7) is 4.28. The fourth-order valence-corrected chi connectivity index (χ4v) is 3.07. The van der Waals surface area contributed by atoms with E-state index in [1.807, 2.05) is 26.0 Å². The minimum absolute atomic E-state index is 0.0386. The lowest BCUT2D eigenvalue weighted by atomic mass is 9.98. The number of nitrogens with two attached hydrogens (primary N) is 2. The first-order chi connectivity index (χ1) is 13.3. The monoisotopic (exact) mass is 391 g/mol. The van der Waals surface area contributed by atoms with Crippen LogP contribution in [0.4, 0.5) is 4.79 Å². The molecule has 0 radical (unpaired) electrons. The molecule has 0 saturated heterocycles. The summed E-state index contributed by atoms with van der Waals surface area (Å²) in [5.74, 6) is 6.68. The zero-order chi connectivity index (χ0) is 20.7. The normalized spacial score (nSPS) is 15.6. The van der Waals surface area contributed by atoms with Crippen LogP contribution in [0, 0.1) is 6.92 Å². The average molecular weight is 392 g/mol. The Bertz CT molecular complexity index is 699. The lowest BCUT2D eigenvalue weighted by Crippen LogP contribution is -2.33. The van der Waals surface area contributed by atoms with Crippen molar-refractivity contribution in [3.05, 3.63) is 29.2 Å². The molecule has 4 N–H and O–H groups in total. The van der Waals surface area contributed by atoms with Crippen LogP contribution in [-0.2, 0) is 4.74 Å². The summed E-state index contributed by atoms with van der Waals surface area (Å²) < 4.78 is 11.4. The van der Waals surface area contributed by atoms with Crippen molar-refractivity contribution in [2.75, 3.05) is 27.2 Å². The SMILES string of the molecule is CCN(C)C(=O)OC/C(=C(/N)c1ccc(OC2CCCCC2)c(C)n1)N(C)N. The molecular weight excluding hydrogens is 358 g/mol. The van der Waals surface area contributed by atoms with Crippen molar-refractivity contribution < 1.29 is 14.3 Å². The van der Waals surface area contributed by atoms with Crippen molar-refractivity contribution in [1.29, 1.82) is 0 Å². The molecule has 1 amide bonds. The van der Waals surface area contributed by atoms with Gasteiger partial charge in [0.25, 0.3) is 0 Å². The molecule has 8 nitrogen and oxygen atoms in total. The first-order valence-corrected chi connectivity index (χ1v) is 9.83. The number of carbonyl (C=O) groups excluding carboxylic acids is 1. The van der Waals surface area contributed by atoms with Crippen LogP contribution >= 0.6 is 0 Å². The zero-order valence-corrected chi connectivity index (χ0v) is 17.4. The quantitative estimate of drug-likeness (QED) is 0.543. The number of pyridine rings is 1. The molecule has 1 aliphatic carbocycles. The number of ether oxygens (including phenoxy) is 2. The summed E-state index contributed by atoms with van der Waals surface area (Å²) in [4.78, 5) is 17.9. The second-order valence-corrected chi connectivity index (χ2v) is 7.20. The van der Waals surface area contributed by atoms with Gasteiger partial charge in [0.1, 0.15) is 12.4 Å². The Balaban J connectivity index is 2.15. The van der Waals surface area contributed by atoms with E-state index in [4.69, 9.17) is 21.1 Å². The Morgan fingerprint density at radius 1 is 1.25 bits per heavy atom. The molecule has 1 aromatic heterocycles. The fraction of sp³-hybridized carbons (Fsp3) is 0.600. The van der Waals surface area contributed by atoms with Gasteiger partial charge in [0.2, 0.25) is 0 Å². The van der Waals surface area contributed by atoms with Gasteiger partial charge in [-0.25, -0.2) is 15.6 Å². The molecule has 0 aromatic carbocycles. The smallest absolute Gasteiger partial charge is 0.409 e. The molecule has 0 atom stereocenters. The second kappa shape index (κ2) is 10.2. The molecule has 2 rings (SSSR count). The molecular formula is C20H33N5O3. The van der Waals surface area contributed by atoms with Crippen molar-refractivity contribution in [2.45, 2.75) is 52.1 Å². The molecule has 0 spiro atoms. The van der Waals surface area contributed by atoms with E-state index in [0.717, 1.165) is 24.3 Å². The first-order valence-electron chi connectivity index (χ1n) is 9.83. The van der Waals surface area contributed by atoms with E-state index in [0.29, 0.717) is 23.6 Å². The van der Waals surface area contributed by atoms with Crippen LogP contribution in [0.15, 0.2) is 17.8 Å².